The predicted octanol–water partition coefficient (Wildman–Crippen LogP) is 2.34. The smallest absolute Gasteiger partial charge is 0.303 e. The van der Waals surface area contributed by atoms with Crippen LogP contribution in [0.5, 0.6) is 0 Å². The Labute approximate surface area is 136 Å². The maximum atomic E-state index is 11.5. The number of carboxylic acid groups (broad SMARTS) is 1. The fourth-order valence-corrected chi connectivity index (χ4v) is 2.43. The number of hydrogen-bond donors (Lipinski definition) is 4. The summed E-state index contributed by atoms with van der Waals surface area (Å²) in [6.07, 6.45) is 0.222. The Morgan fingerprint density at radius 2 is 2.05 bits per heavy atom. The summed E-state index contributed by atoms with van der Waals surface area (Å²) < 4.78 is 0.537. The molecule has 22 heavy (non-hydrogen) atoms. The van der Waals surface area contributed by atoms with Gasteiger partial charge in [0, 0.05) is 17.7 Å². The monoisotopic (exact) mass is 340 g/mol. The molecular formula is C13H16N4O3S2. The van der Waals surface area contributed by atoms with Gasteiger partial charge in [-0.15, -0.1) is 0 Å². The zero-order valence-corrected chi connectivity index (χ0v) is 13.7. The van der Waals surface area contributed by atoms with Crippen molar-refractivity contribution in [1.82, 2.24) is 10.2 Å². The summed E-state index contributed by atoms with van der Waals surface area (Å²) in [5, 5.41) is 15.0. The van der Waals surface area contributed by atoms with Crippen molar-refractivity contribution < 1.29 is 14.7 Å². The number of benzene rings is 1. The van der Waals surface area contributed by atoms with Crippen molar-refractivity contribution in [2.45, 2.75) is 20.3 Å². The van der Waals surface area contributed by atoms with Crippen LogP contribution in [0.15, 0.2) is 12.1 Å². The molecule has 7 nitrogen and oxygen atoms in total. The van der Waals surface area contributed by atoms with E-state index in [-0.39, 0.29) is 6.42 Å². The largest absolute Gasteiger partial charge is 0.481 e. The first-order chi connectivity index (χ1) is 10.3. The number of aryl methyl sites for hydroxylation is 1. The first-order valence-electron chi connectivity index (χ1n) is 6.24. The highest BCUT2D eigenvalue weighted by Crippen LogP contribution is 2.30. The van der Waals surface area contributed by atoms with E-state index in [1.807, 2.05) is 13.0 Å². The van der Waals surface area contributed by atoms with Crippen molar-refractivity contribution in [3.8, 4) is 10.6 Å². The average Bonchev–Trinajstić information content (AvgIpc) is 2.88. The SMILES string of the molecule is CCC(=O)O.Cc1ccc(-c2n[nH]c(=S)s2)c(C(N)=O)c1N. The van der Waals surface area contributed by atoms with Crippen LogP contribution in [0.25, 0.3) is 10.6 Å². The van der Waals surface area contributed by atoms with Crippen LogP contribution in [0.1, 0.15) is 29.3 Å². The number of primary amides is 1. The third kappa shape index (κ3) is 4.37. The van der Waals surface area contributed by atoms with Gasteiger partial charge >= 0.3 is 5.97 Å². The molecule has 0 saturated heterocycles. The third-order valence-electron chi connectivity index (χ3n) is 2.68. The number of rotatable bonds is 3. The van der Waals surface area contributed by atoms with Gasteiger partial charge in [-0.3, -0.25) is 14.7 Å². The molecule has 1 amide bonds. The number of carbonyl (C=O) groups excluding carboxylic acids is 1. The van der Waals surface area contributed by atoms with E-state index in [0.717, 1.165) is 5.56 Å². The second-order valence-electron chi connectivity index (χ2n) is 4.25. The van der Waals surface area contributed by atoms with Gasteiger partial charge in [0.15, 0.2) is 3.95 Å². The van der Waals surface area contributed by atoms with E-state index in [9.17, 15) is 9.59 Å². The summed E-state index contributed by atoms with van der Waals surface area (Å²) in [5.74, 6) is -1.31. The van der Waals surface area contributed by atoms with Gasteiger partial charge in [0.1, 0.15) is 5.01 Å². The molecule has 0 bridgehead atoms. The Morgan fingerprint density at radius 3 is 2.45 bits per heavy atom. The summed E-state index contributed by atoms with van der Waals surface area (Å²) in [7, 11) is 0. The molecule has 0 aliphatic rings. The molecule has 0 spiro atoms. The molecule has 0 atom stereocenters. The lowest BCUT2D eigenvalue weighted by Gasteiger charge is -2.09. The molecule has 1 aromatic carbocycles. The summed E-state index contributed by atoms with van der Waals surface area (Å²) >= 11 is 6.23. The number of nitrogen functional groups attached to an aromatic ring is 1. The summed E-state index contributed by atoms with van der Waals surface area (Å²) in [6, 6.07) is 3.59. The lowest BCUT2D eigenvalue weighted by Crippen LogP contribution is -2.15. The lowest BCUT2D eigenvalue weighted by molar-refractivity contribution is -0.136. The number of aromatic nitrogens is 2. The molecule has 0 fully saturated rings. The van der Waals surface area contributed by atoms with Crippen LogP contribution in [0.2, 0.25) is 0 Å². The van der Waals surface area contributed by atoms with Crippen molar-refractivity contribution in [3.05, 3.63) is 27.2 Å². The van der Waals surface area contributed by atoms with Crippen LogP contribution in [0.4, 0.5) is 5.69 Å². The minimum Gasteiger partial charge on any atom is -0.481 e. The highest BCUT2D eigenvalue weighted by atomic mass is 32.1. The number of nitrogens with zero attached hydrogens (tertiary/aromatic N) is 1. The van der Waals surface area contributed by atoms with Gasteiger partial charge in [-0.1, -0.05) is 30.4 Å². The van der Waals surface area contributed by atoms with E-state index >= 15 is 0 Å². The van der Waals surface area contributed by atoms with E-state index in [0.29, 0.717) is 25.8 Å². The van der Waals surface area contributed by atoms with Gasteiger partial charge < -0.3 is 16.6 Å². The van der Waals surface area contributed by atoms with Crippen LogP contribution in [0.3, 0.4) is 0 Å². The Hall–Kier alpha value is -2.26. The minimum absolute atomic E-state index is 0.222. The van der Waals surface area contributed by atoms with E-state index in [1.54, 1.807) is 13.0 Å². The van der Waals surface area contributed by atoms with Gasteiger partial charge in [0.05, 0.1) is 5.56 Å². The molecule has 0 radical (unpaired) electrons. The molecule has 0 saturated carbocycles. The first-order valence-corrected chi connectivity index (χ1v) is 7.46. The highest BCUT2D eigenvalue weighted by molar-refractivity contribution is 7.73. The molecule has 0 unspecified atom stereocenters. The van der Waals surface area contributed by atoms with E-state index in [4.69, 9.17) is 28.8 Å². The molecule has 2 rings (SSSR count). The average molecular weight is 340 g/mol. The second kappa shape index (κ2) is 7.66. The van der Waals surface area contributed by atoms with Crippen molar-refractivity contribution in [3.63, 3.8) is 0 Å². The van der Waals surface area contributed by atoms with Gasteiger partial charge in [-0.2, -0.15) is 5.10 Å². The van der Waals surface area contributed by atoms with Crippen molar-refractivity contribution in [1.29, 1.82) is 0 Å². The molecule has 1 aromatic heterocycles. The Morgan fingerprint density at radius 1 is 1.45 bits per heavy atom. The van der Waals surface area contributed by atoms with E-state index in [1.165, 1.54) is 11.3 Å². The molecule has 9 heteroatoms. The number of nitrogens with two attached hydrogens (primary N) is 2. The molecule has 0 aliphatic carbocycles. The molecule has 0 aliphatic heterocycles. The van der Waals surface area contributed by atoms with Gasteiger partial charge in [0.2, 0.25) is 0 Å². The van der Waals surface area contributed by atoms with Crippen molar-refractivity contribution in [2.75, 3.05) is 5.73 Å². The fourth-order valence-electron chi connectivity index (χ4n) is 1.51. The first kappa shape index (κ1) is 17.8. The van der Waals surface area contributed by atoms with Gasteiger partial charge in [-0.05, 0) is 24.7 Å². The Kier molecular flexibility index (Phi) is 6.20. The third-order valence-corrected chi connectivity index (χ3v) is 3.80. The number of nitrogens with one attached hydrogen (secondary N) is 1. The second-order valence-corrected chi connectivity index (χ2v) is 5.91. The topological polar surface area (TPSA) is 135 Å². The van der Waals surface area contributed by atoms with Crippen LogP contribution in [0, 0.1) is 10.9 Å². The Bertz CT molecular complexity index is 752. The van der Waals surface area contributed by atoms with Crippen molar-refractivity contribution in [2.24, 2.45) is 5.73 Å². The number of hydrogen-bond acceptors (Lipinski definition) is 6. The normalized spacial score (nSPS) is 9.73. The number of carboxylic acids is 1. The number of anilines is 1. The van der Waals surface area contributed by atoms with Crippen LogP contribution in [-0.4, -0.2) is 27.2 Å². The molecule has 118 valence electrons. The fraction of sp³-hybridized carbons (Fsp3) is 0.231. The van der Waals surface area contributed by atoms with Gasteiger partial charge in [0.25, 0.3) is 5.91 Å². The van der Waals surface area contributed by atoms with Gasteiger partial charge in [-0.25, -0.2) is 0 Å². The quantitative estimate of drug-likeness (QED) is 0.500. The number of aromatic amines is 1. The number of carbonyl (C=O) groups is 2. The zero-order valence-electron chi connectivity index (χ0n) is 12.0. The maximum absolute atomic E-state index is 11.5. The van der Waals surface area contributed by atoms with Crippen LogP contribution in [-0.2, 0) is 4.79 Å². The number of H-pyrrole nitrogens is 1. The molecule has 1 heterocycles. The number of amides is 1. The molecule has 6 N–H and O–H groups in total. The zero-order chi connectivity index (χ0) is 16.9. The van der Waals surface area contributed by atoms with Crippen molar-refractivity contribution >= 4 is 41.1 Å². The Balaban J connectivity index is 0.000000422. The van der Waals surface area contributed by atoms with E-state index < -0.39 is 11.9 Å². The molecule has 2 aromatic rings. The lowest BCUT2D eigenvalue weighted by atomic mass is 10.0. The highest BCUT2D eigenvalue weighted by Gasteiger charge is 2.17. The number of aliphatic carboxylic acids is 1. The summed E-state index contributed by atoms with van der Waals surface area (Å²) in [4.78, 5) is 20.8. The minimum atomic E-state index is -0.745. The van der Waals surface area contributed by atoms with Crippen LogP contribution < -0.4 is 11.5 Å². The summed E-state index contributed by atoms with van der Waals surface area (Å²) in [5.41, 5.74) is 13.3. The maximum Gasteiger partial charge on any atom is 0.303 e. The van der Waals surface area contributed by atoms with E-state index in [2.05, 4.69) is 10.2 Å². The molecular weight excluding hydrogens is 324 g/mol. The standard InChI is InChI=1S/C10H10N4OS2.C3H6O2/c1-4-2-3-5(6(7(4)11)8(12)15)9-13-14-10(16)17-9;1-2-3(4)5/h2-3H,11H2,1H3,(H2,12,15)(H,14,16);2H2,1H3,(H,4,5). The summed E-state index contributed by atoms with van der Waals surface area (Å²) in [6.45, 7) is 3.42. The predicted molar refractivity (Wildman–Crippen MR) is 88.3 cm³/mol. The van der Waals surface area contributed by atoms with Crippen LogP contribution >= 0.6 is 23.6 Å².